The molecule has 0 spiro atoms. The lowest BCUT2D eigenvalue weighted by Gasteiger charge is -2.27. The molecule has 3 aliphatic rings. The molecular weight excluding hydrogens is 438 g/mol. The van der Waals surface area contributed by atoms with Gasteiger partial charge >= 0.3 is 0 Å². The van der Waals surface area contributed by atoms with Crippen molar-refractivity contribution in [3.05, 3.63) is 76.4 Å². The minimum atomic E-state index is -1.13. The summed E-state index contributed by atoms with van der Waals surface area (Å²) in [6, 6.07) is 12.0. The van der Waals surface area contributed by atoms with Gasteiger partial charge in [0.15, 0.2) is 0 Å². The molecule has 1 aliphatic heterocycles. The molecule has 5 rings (SSSR count). The summed E-state index contributed by atoms with van der Waals surface area (Å²) < 4.78 is 5.05. The minimum Gasteiger partial charge on any atom is -0.496 e. The number of nitrogens with zero attached hydrogens (tertiary/aromatic N) is 2. The lowest BCUT2D eigenvalue weighted by atomic mass is 9.85. The fourth-order valence-electron chi connectivity index (χ4n) is 5.48. The zero-order valence-corrected chi connectivity index (χ0v) is 18.4. The van der Waals surface area contributed by atoms with Crippen molar-refractivity contribution in [2.75, 3.05) is 12.4 Å². The van der Waals surface area contributed by atoms with E-state index in [0.717, 1.165) is 16.9 Å². The van der Waals surface area contributed by atoms with Crippen LogP contribution in [0.4, 0.5) is 11.4 Å². The molecule has 174 valence electrons. The summed E-state index contributed by atoms with van der Waals surface area (Å²) in [6.45, 7) is 0. The summed E-state index contributed by atoms with van der Waals surface area (Å²) in [7, 11) is 1.39. The van der Waals surface area contributed by atoms with Gasteiger partial charge in [0.25, 0.3) is 5.69 Å². The van der Waals surface area contributed by atoms with Gasteiger partial charge in [0.05, 0.1) is 29.9 Å². The summed E-state index contributed by atoms with van der Waals surface area (Å²) in [5, 5.41) is 14.2. The molecule has 2 aromatic carbocycles. The highest BCUT2D eigenvalue weighted by molar-refractivity contribution is 6.11. The van der Waals surface area contributed by atoms with Gasteiger partial charge in [-0.1, -0.05) is 42.5 Å². The average Bonchev–Trinajstić information content (AvgIpc) is 3.52. The van der Waals surface area contributed by atoms with Crippen molar-refractivity contribution >= 4 is 29.1 Å². The first-order valence-corrected chi connectivity index (χ1v) is 11.1. The van der Waals surface area contributed by atoms with E-state index in [1.54, 1.807) is 0 Å². The Kier molecular flexibility index (Phi) is 5.39. The van der Waals surface area contributed by atoms with E-state index in [1.165, 1.54) is 25.3 Å². The van der Waals surface area contributed by atoms with Crippen molar-refractivity contribution < 1.29 is 24.0 Å². The van der Waals surface area contributed by atoms with Gasteiger partial charge in [-0.15, -0.1) is 0 Å². The predicted octanol–water partition coefficient (Wildman–Crippen LogP) is 2.96. The summed E-state index contributed by atoms with van der Waals surface area (Å²) in [4.78, 5) is 52.4. The van der Waals surface area contributed by atoms with Crippen molar-refractivity contribution in [2.45, 2.75) is 18.9 Å². The van der Waals surface area contributed by atoms with Gasteiger partial charge in [-0.25, -0.2) is 0 Å². The van der Waals surface area contributed by atoms with Crippen molar-refractivity contribution in [3.63, 3.8) is 0 Å². The second-order valence-electron chi connectivity index (χ2n) is 8.88. The summed E-state index contributed by atoms with van der Waals surface area (Å²) >= 11 is 0. The molecule has 1 N–H and O–H groups in total. The van der Waals surface area contributed by atoms with Gasteiger partial charge in [0.2, 0.25) is 17.7 Å². The quantitative estimate of drug-likeness (QED) is 0.293. The Bertz CT molecular complexity index is 1180. The van der Waals surface area contributed by atoms with E-state index in [4.69, 9.17) is 4.74 Å². The third-order valence-corrected chi connectivity index (χ3v) is 7.05. The normalized spacial score (nSPS) is 25.4. The number of methoxy groups -OCH3 is 1. The predicted molar refractivity (Wildman–Crippen MR) is 122 cm³/mol. The zero-order chi connectivity index (χ0) is 24.0. The maximum atomic E-state index is 13.5. The molecule has 34 heavy (non-hydrogen) atoms. The number of hydrogen-bond acceptors (Lipinski definition) is 6. The molecule has 5 unspecified atom stereocenters. The van der Waals surface area contributed by atoms with Crippen LogP contribution in [0.5, 0.6) is 5.75 Å². The third kappa shape index (κ3) is 3.53. The first kappa shape index (κ1) is 21.8. The lowest BCUT2D eigenvalue weighted by molar-refractivity contribution is -0.384. The van der Waals surface area contributed by atoms with Crippen molar-refractivity contribution in [2.24, 2.45) is 23.7 Å². The molecule has 1 saturated heterocycles. The number of hydrogen-bond donors (Lipinski definition) is 1. The molecule has 2 fully saturated rings. The first-order valence-electron chi connectivity index (χ1n) is 11.1. The van der Waals surface area contributed by atoms with Crippen LogP contribution in [0.1, 0.15) is 12.0 Å². The van der Waals surface area contributed by atoms with E-state index in [1.807, 2.05) is 42.5 Å². The van der Waals surface area contributed by atoms with Gasteiger partial charge in [-0.05, 0) is 36.0 Å². The maximum absolute atomic E-state index is 13.5. The summed E-state index contributed by atoms with van der Waals surface area (Å²) in [6.07, 6.45) is 4.88. The number of nitro benzene ring substituents is 1. The maximum Gasteiger partial charge on any atom is 0.296 e. The highest BCUT2D eigenvalue weighted by Crippen LogP contribution is 2.53. The van der Waals surface area contributed by atoms with Crippen molar-refractivity contribution in [1.29, 1.82) is 0 Å². The second kappa shape index (κ2) is 8.40. The van der Waals surface area contributed by atoms with Gasteiger partial charge in [0, 0.05) is 6.42 Å². The number of allylic oxidation sites excluding steroid dienone is 2. The molecule has 5 atom stereocenters. The molecule has 3 amide bonds. The number of carbonyl (C=O) groups excluding carboxylic acids is 3. The van der Waals surface area contributed by atoms with Gasteiger partial charge < -0.3 is 10.1 Å². The number of anilines is 1. The molecule has 1 saturated carbocycles. The van der Waals surface area contributed by atoms with E-state index in [0.29, 0.717) is 0 Å². The topological polar surface area (TPSA) is 119 Å². The highest BCUT2D eigenvalue weighted by atomic mass is 16.6. The summed E-state index contributed by atoms with van der Waals surface area (Å²) in [5.74, 6) is -1.92. The Morgan fingerprint density at radius 1 is 1.12 bits per heavy atom. The highest BCUT2D eigenvalue weighted by Gasteiger charge is 2.61. The number of ether oxygens (including phenoxy) is 1. The van der Waals surface area contributed by atoms with E-state index >= 15 is 0 Å². The molecule has 2 aliphatic carbocycles. The molecule has 2 aromatic rings. The summed E-state index contributed by atoms with van der Waals surface area (Å²) in [5.41, 5.74) is 0.393. The number of amides is 3. The van der Waals surface area contributed by atoms with Crippen molar-refractivity contribution in [1.82, 2.24) is 4.90 Å². The fourth-order valence-corrected chi connectivity index (χ4v) is 5.48. The van der Waals surface area contributed by atoms with E-state index in [-0.39, 0.29) is 47.2 Å². The molecule has 1 heterocycles. The smallest absolute Gasteiger partial charge is 0.296 e. The SMILES string of the molecule is COc1ccc(NC(=O)C(Cc2ccccc2)N2C(=O)C3C4C=CC(C4)C3C2=O)c([N+](=O)[O-])c1. The number of likely N-dealkylation sites (tertiary alicyclic amines) is 1. The molecule has 0 aromatic heterocycles. The fraction of sp³-hybridized carbons (Fsp3) is 0.320. The first-order chi connectivity index (χ1) is 16.4. The average molecular weight is 461 g/mol. The Balaban J connectivity index is 1.48. The van der Waals surface area contributed by atoms with E-state index < -0.39 is 28.7 Å². The van der Waals surface area contributed by atoms with Gasteiger partial charge in [-0.3, -0.25) is 29.4 Å². The van der Waals surface area contributed by atoms with Crippen LogP contribution in [-0.2, 0) is 20.8 Å². The molecule has 9 nitrogen and oxygen atoms in total. The Labute approximate surface area is 195 Å². The Morgan fingerprint density at radius 3 is 2.35 bits per heavy atom. The largest absolute Gasteiger partial charge is 0.496 e. The number of nitrogens with one attached hydrogen (secondary N) is 1. The van der Waals surface area contributed by atoms with Gasteiger partial charge in [-0.2, -0.15) is 0 Å². The molecular formula is C25H23N3O6. The number of nitro groups is 1. The van der Waals surface area contributed by atoms with Crippen LogP contribution >= 0.6 is 0 Å². The standard InChI is InChI=1S/C25H23N3O6/c1-34-17-9-10-18(19(13-17)28(32)33)26-23(29)20(11-14-5-3-2-4-6-14)27-24(30)21-15-7-8-16(12-15)22(21)25(27)31/h2-10,13,15-16,20-22H,11-12H2,1H3,(H,26,29). The van der Waals surface area contributed by atoms with Crippen LogP contribution < -0.4 is 10.1 Å². The van der Waals surface area contributed by atoms with Crippen LogP contribution in [-0.4, -0.2) is 40.7 Å². The van der Waals surface area contributed by atoms with Crippen LogP contribution in [0, 0.1) is 33.8 Å². The number of imide groups is 1. The zero-order valence-electron chi connectivity index (χ0n) is 18.4. The molecule has 9 heteroatoms. The number of rotatable bonds is 7. The van der Waals surface area contributed by atoms with E-state index in [9.17, 15) is 24.5 Å². The Hall–Kier alpha value is -4.01. The number of benzene rings is 2. The second-order valence-corrected chi connectivity index (χ2v) is 8.88. The van der Waals surface area contributed by atoms with Crippen molar-refractivity contribution in [3.8, 4) is 5.75 Å². The van der Waals surface area contributed by atoms with Crippen LogP contribution in [0.3, 0.4) is 0 Å². The third-order valence-electron chi connectivity index (χ3n) is 7.05. The van der Waals surface area contributed by atoms with Crippen LogP contribution in [0.25, 0.3) is 0 Å². The molecule has 0 radical (unpaired) electrons. The minimum absolute atomic E-state index is 0.0135. The van der Waals surface area contributed by atoms with Gasteiger partial charge in [0.1, 0.15) is 17.5 Å². The molecule has 2 bridgehead atoms. The lowest BCUT2D eigenvalue weighted by Crippen LogP contribution is -2.49. The number of carbonyl (C=O) groups is 3. The Morgan fingerprint density at radius 2 is 1.76 bits per heavy atom. The van der Waals surface area contributed by atoms with E-state index in [2.05, 4.69) is 5.32 Å². The van der Waals surface area contributed by atoms with Crippen LogP contribution in [0.15, 0.2) is 60.7 Å². The number of fused-ring (bicyclic) bond motifs is 5. The van der Waals surface area contributed by atoms with Crippen LogP contribution in [0.2, 0.25) is 0 Å². The monoisotopic (exact) mass is 461 g/mol.